The van der Waals surface area contributed by atoms with Crippen molar-refractivity contribution in [1.82, 2.24) is 9.97 Å². The highest BCUT2D eigenvalue weighted by Crippen LogP contribution is 2.26. The molecule has 3 rings (SSSR count). The molecular weight excluding hydrogens is 358 g/mol. The topological polar surface area (TPSA) is 72.0 Å². The summed E-state index contributed by atoms with van der Waals surface area (Å²) < 4.78 is 0.873. The minimum absolute atomic E-state index is 0.198. The molecule has 1 aliphatic carbocycles. The number of hydrogen-bond acceptors (Lipinski definition) is 5. The van der Waals surface area contributed by atoms with E-state index in [1.807, 2.05) is 13.8 Å². The van der Waals surface area contributed by atoms with Gasteiger partial charge in [-0.05, 0) is 29.8 Å². The van der Waals surface area contributed by atoms with Gasteiger partial charge in [0.2, 0.25) is 5.95 Å². The molecule has 0 fully saturated rings. The number of allylic oxidation sites excluding steroid dienone is 1. The van der Waals surface area contributed by atoms with E-state index in [0.29, 0.717) is 23.6 Å². The first kappa shape index (κ1) is 15.6. The van der Waals surface area contributed by atoms with Crippen LogP contribution in [0.2, 0.25) is 0 Å². The van der Waals surface area contributed by atoms with Gasteiger partial charge in [-0.1, -0.05) is 30.3 Å². The monoisotopic (exact) mass is 371 g/mol. The molecule has 0 saturated carbocycles. The number of aryl methyl sites for hydroxylation is 2. The molecule has 116 valence electrons. The summed E-state index contributed by atoms with van der Waals surface area (Å²) in [5, 5.41) is 3.02. The van der Waals surface area contributed by atoms with E-state index in [1.54, 1.807) is 30.3 Å². The summed E-state index contributed by atoms with van der Waals surface area (Å²) in [7, 11) is 0. The van der Waals surface area contributed by atoms with Crippen LogP contribution in [0.15, 0.2) is 40.4 Å². The van der Waals surface area contributed by atoms with Crippen LogP contribution in [0.1, 0.15) is 32.1 Å². The molecule has 1 N–H and O–H groups in total. The van der Waals surface area contributed by atoms with Crippen LogP contribution in [0.4, 0.5) is 5.95 Å². The zero-order valence-electron chi connectivity index (χ0n) is 12.7. The van der Waals surface area contributed by atoms with E-state index in [9.17, 15) is 9.59 Å². The Morgan fingerprint density at radius 1 is 1.04 bits per heavy atom. The van der Waals surface area contributed by atoms with Gasteiger partial charge in [-0.25, -0.2) is 9.97 Å². The number of halogens is 1. The average molecular weight is 372 g/mol. The lowest BCUT2D eigenvalue weighted by Gasteiger charge is -2.06. The summed E-state index contributed by atoms with van der Waals surface area (Å²) in [4.78, 5) is 33.1. The molecular formula is C17H14BrN3O2. The lowest BCUT2D eigenvalue weighted by molar-refractivity contribution is 0.0988. The molecule has 2 aromatic rings. The maximum Gasteiger partial charge on any atom is 0.223 e. The number of anilines is 1. The number of Topliss-reactive ketones (excluding diaryl/α,β-unsaturated/α-hetero) is 2. The average Bonchev–Trinajstić information content (AvgIpc) is 2.78. The molecule has 23 heavy (non-hydrogen) atoms. The predicted octanol–water partition coefficient (Wildman–Crippen LogP) is 3.27. The van der Waals surface area contributed by atoms with E-state index in [2.05, 4.69) is 31.2 Å². The molecule has 5 nitrogen and oxygen atoms in total. The number of nitrogens with zero attached hydrogens (tertiary/aromatic N) is 2. The van der Waals surface area contributed by atoms with Crippen LogP contribution in [0, 0.1) is 13.8 Å². The van der Waals surface area contributed by atoms with E-state index >= 15 is 0 Å². The van der Waals surface area contributed by atoms with E-state index in [-0.39, 0.29) is 17.1 Å². The Hall–Kier alpha value is -2.34. The van der Waals surface area contributed by atoms with Gasteiger partial charge in [0.05, 0.1) is 21.4 Å². The number of nitrogens with one attached hydrogen (secondary N) is 1. The summed E-state index contributed by atoms with van der Waals surface area (Å²) in [6, 6.07) is 6.86. The van der Waals surface area contributed by atoms with Crippen LogP contribution in [-0.4, -0.2) is 28.1 Å². The maximum atomic E-state index is 12.2. The predicted molar refractivity (Wildman–Crippen MR) is 90.9 cm³/mol. The molecule has 0 aliphatic heterocycles. The molecule has 1 heterocycles. The first-order chi connectivity index (χ1) is 11.0. The number of aromatic nitrogens is 2. The highest BCUT2D eigenvalue weighted by molar-refractivity contribution is 9.10. The molecule has 0 bridgehead atoms. The van der Waals surface area contributed by atoms with Gasteiger partial charge < -0.3 is 5.32 Å². The Kier molecular flexibility index (Phi) is 4.09. The molecule has 1 aromatic carbocycles. The molecule has 0 amide bonds. The van der Waals surface area contributed by atoms with Crippen LogP contribution < -0.4 is 5.32 Å². The van der Waals surface area contributed by atoms with Crippen LogP contribution in [0.3, 0.4) is 0 Å². The fourth-order valence-corrected chi connectivity index (χ4v) is 2.66. The van der Waals surface area contributed by atoms with Crippen LogP contribution >= 0.6 is 15.9 Å². The SMILES string of the molecule is Cc1nc(NCC=C2C(=O)c3ccccc3C2=O)nc(C)c1Br. The minimum Gasteiger partial charge on any atom is -0.351 e. The second-order valence-electron chi connectivity index (χ2n) is 5.23. The number of fused-ring (bicyclic) bond motifs is 1. The summed E-state index contributed by atoms with van der Waals surface area (Å²) in [5.41, 5.74) is 2.79. The van der Waals surface area contributed by atoms with Crippen LogP contribution in [0.5, 0.6) is 0 Å². The van der Waals surface area contributed by atoms with Crippen molar-refractivity contribution in [3.8, 4) is 0 Å². The van der Waals surface area contributed by atoms with Crippen molar-refractivity contribution in [3.63, 3.8) is 0 Å². The first-order valence-corrected chi connectivity index (χ1v) is 7.91. The van der Waals surface area contributed by atoms with E-state index in [4.69, 9.17) is 0 Å². The zero-order valence-corrected chi connectivity index (χ0v) is 14.3. The third kappa shape index (κ3) is 2.82. The van der Waals surface area contributed by atoms with Crippen LogP contribution in [0.25, 0.3) is 0 Å². The highest BCUT2D eigenvalue weighted by Gasteiger charge is 2.32. The van der Waals surface area contributed by atoms with Crippen molar-refractivity contribution < 1.29 is 9.59 Å². The van der Waals surface area contributed by atoms with Gasteiger partial charge in [0.1, 0.15) is 0 Å². The largest absolute Gasteiger partial charge is 0.351 e. The fraction of sp³-hybridized carbons (Fsp3) is 0.176. The smallest absolute Gasteiger partial charge is 0.223 e. The molecule has 0 radical (unpaired) electrons. The minimum atomic E-state index is -0.225. The number of carbonyl (C=O) groups excluding carboxylic acids is 2. The molecule has 0 spiro atoms. The molecule has 6 heteroatoms. The van der Waals surface area contributed by atoms with Gasteiger partial charge in [-0.2, -0.15) is 0 Å². The molecule has 0 unspecified atom stereocenters. The Labute approximate surface area is 142 Å². The summed E-state index contributed by atoms with van der Waals surface area (Å²) in [6.45, 7) is 4.06. The van der Waals surface area contributed by atoms with Gasteiger partial charge in [-0.15, -0.1) is 0 Å². The van der Waals surface area contributed by atoms with Crippen molar-refractivity contribution >= 4 is 33.4 Å². The van der Waals surface area contributed by atoms with Crippen molar-refractivity contribution in [2.24, 2.45) is 0 Å². The maximum absolute atomic E-state index is 12.2. The molecule has 1 aliphatic rings. The third-order valence-electron chi connectivity index (χ3n) is 3.65. The number of carbonyl (C=O) groups is 2. The van der Waals surface area contributed by atoms with Crippen molar-refractivity contribution in [3.05, 3.63) is 62.9 Å². The summed E-state index contributed by atoms with van der Waals surface area (Å²) in [5.74, 6) is 0.0171. The highest BCUT2D eigenvalue weighted by atomic mass is 79.9. The number of benzene rings is 1. The number of rotatable bonds is 3. The lowest BCUT2D eigenvalue weighted by atomic mass is 10.1. The normalized spacial score (nSPS) is 13.3. The number of hydrogen-bond donors (Lipinski definition) is 1. The molecule has 0 atom stereocenters. The van der Waals surface area contributed by atoms with Gasteiger partial charge in [-0.3, -0.25) is 9.59 Å². The van der Waals surface area contributed by atoms with Gasteiger partial charge in [0.25, 0.3) is 0 Å². The van der Waals surface area contributed by atoms with Gasteiger partial charge in [0, 0.05) is 17.7 Å². The fourth-order valence-electron chi connectivity index (χ4n) is 2.48. The standard InChI is InChI=1S/C17H14BrN3O2/c1-9-14(18)10(2)21-17(20-9)19-8-7-13-15(22)11-5-3-4-6-12(11)16(13)23/h3-7H,8H2,1-2H3,(H,19,20,21). The third-order valence-corrected chi connectivity index (χ3v) is 4.80. The van der Waals surface area contributed by atoms with Crippen molar-refractivity contribution in [2.45, 2.75) is 13.8 Å². The van der Waals surface area contributed by atoms with E-state index in [0.717, 1.165) is 15.9 Å². The Bertz CT molecular complexity index is 799. The Morgan fingerprint density at radius 2 is 1.57 bits per heavy atom. The molecule has 0 saturated heterocycles. The second-order valence-corrected chi connectivity index (χ2v) is 6.03. The van der Waals surface area contributed by atoms with E-state index in [1.165, 1.54) is 0 Å². The summed E-state index contributed by atoms with van der Waals surface area (Å²) >= 11 is 3.41. The summed E-state index contributed by atoms with van der Waals surface area (Å²) in [6.07, 6.45) is 1.60. The molecule has 1 aromatic heterocycles. The van der Waals surface area contributed by atoms with Crippen molar-refractivity contribution in [1.29, 1.82) is 0 Å². The second kappa shape index (κ2) is 6.04. The van der Waals surface area contributed by atoms with Gasteiger partial charge in [0.15, 0.2) is 11.6 Å². The quantitative estimate of drug-likeness (QED) is 0.661. The Morgan fingerprint density at radius 3 is 2.09 bits per heavy atom. The number of ketones is 2. The Balaban J connectivity index is 1.77. The van der Waals surface area contributed by atoms with E-state index < -0.39 is 0 Å². The van der Waals surface area contributed by atoms with Crippen LogP contribution in [-0.2, 0) is 0 Å². The first-order valence-electron chi connectivity index (χ1n) is 7.12. The van der Waals surface area contributed by atoms with Crippen molar-refractivity contribution in [2.75, 3.05) is 11.9 Å². The van der Waals surface area contributed by atoms with Gasteiger partial charge >= 0.3 is 0 Å². The lowest BCUT2D eigenvalue weighted by Crippen LogP contribution is -2.09. The zero-order chi connectivity index (χ0) is 16.6.